The monoisotopic (exact) mass is 294 g/mol. The third-order valence-corrected chi connectivity index (χ3v) is 2.86. The van der Waals surface area contributed by atoms with Gasteiger partial charge in [-0.3, -0.25) is 4.79 Å². The highest BCUT2D eigenvalue weighted by Gasteiger charge is 2.09. The minimum Gasteiger partial charge on any atom is -0.361 e. The van der Waals surface area contributed by atoms with Crippen molar-refractivity contribution in [1.82, 2.24) is 5.16 Å². The zero-order valence-corrected chi connectivity index (χ0v) is 10.8. The molecule has 0 radical (unpaired) electrons. The van der Waals surface area contributed by atoms with E-state index in [0.717, 1.165) is 10.2 Å². The highest BCUT2D eigenvalue weighted by molar-refractivity contribution is 9.10. The molecular formula is C12H11BrN2O2. The van der Waals surface area contributed by atoms with Gasteiger partial charge in [0.2, 0.25) is 5.91 Å². The highest BCUT2D eigenvalue weighted by Crippen LogP contribution is 2.21. The number of aromatic nitrogens is 1. The van der Waals surface area contributed by atoms with Gasteiger partial charge >= 0.3 is 0 Å². The second kappa shape index (κ2) is 5.14. The maximum Gasteiger partial charge on any atom is 0.230 e. The van der Waals surface area contributed by atoms with Crippen LogP contribution in [-0.2, 0) is 11.2 Å². The highest BCUT2D eigenvalue weighted by atomic mass is 79.9. The molecule has 0 aliphatic carbocycles. The van der Waals surface area contributed by atoms with Gasteiger partial charge in [0.05, 0.1) is 17.8 Å². The minimum atomic E-state index is -0.120. The number of benzene rings is 1. The smallest absolute Gasteiger partial charge is 0.230 e. The Morgan fingerprint density at radius 1 is 1.47 bits per heavy atom. The first kappa shape index (κ1) is 11.9. The summed E-state index contributed by atoms with van der Waals surface area (Å²) in [5.41, 5.74) is 1.38. The second-order valence-electron chi connectivity index (χ2n) is 3.63. The van der Waals surface area contributed by atoms with Crippen molar-refractivity contribution in [1.29, 1.82) is 0 Å². The van der Waals surface area contributed by atoms with E-state index in [1.54, 1.807) is 13.0 Å². The number of hydrogen-bond donors (Lipinski definition) is 1. The van der Waals surface area contributed by atoms with Gasteiger partial charge in [0.25, 0.3) is 0 Å². The summed E-state index contributed by atoms with van der Waals surface area (Å²) in [5, 5.41) is 6.57. The maximum atomic E-state index is 11.7. The van der Waals surface area contributed by atoms with Crippen molar-refractivity contribution in [3.05, 3.63) is 46.3 Å². The molecule has 0 atom stereocenters. The molecule has 1 aromatic carbocycles. The van der Waals surface area contributed by atoms with Gasteiger partial charge in [-0.05, 0) is 35.0 Å². The first-order valence-corrected chi connectivity index (χ1v) is 5.91. The molecule has 0 saturated heterocycles. The zero-order chi connectivity index (χ0) is 12.3. The van der Waals surface area contributed by atoms with Gasteiger partial charge in [-0.2, -0.15) is 0 Å². The van der Waals surface area contributed by atoms with Crippen molar-refractivity contribution >= 4 is 27.5 Å². The van der Waals surface area contributed by atoms with Crippen LogP contribution >= 0.6 is 15.9 Å². The Balaban J connectivity index is 2.01. The normalized spacial score (nSPS) is 10.2. The number of aryl methyl sites for hydroxylation is 1. The lowest BCUT2D eigenvalue weighted by atomic mass is 10.2. The van der Waals surface area contributed by atoms with E-state index in [4.69, 9.17) is 4.52 Å². The molecule has 0 fully saturated rings. The summed E-state index contributed by atoms with van der Waals surface area (Å²) >= 11 is 3.37. The van der Waals surface area contributed by atoms with Crippen LogP contribution in [0.1, 0.15) is 11.5 Å². The van der Waals surface area contributed by atoms with E-state index in [9.17, 15) is 4.79 Å². The van der Waals surface area contributed by atoms with Gasteiger partial charge in [-0.15, -0.1) is 0 Å². The zero-order valence-electron chi connectivity index (χ0n) is 9.24. The van der Waals surface area contributed by atoms with Crippen LogP contribution in [0.5, 0.6) is 0 Å². The van der Waals surface area contributed by atoms with Crippen molar-refractivity contribution in [3.63, 3.8) is 0 Å². The number of halogens is 1. The number of carbonyl (C=O) groups is 1. The lowest BCUT2D eigenvalue weighted by molar-refractivity contribution is -0.115. The average molecular weight is 295 g/mol. The van der Waals surface area contributed by atoms with Crippen LogP contribution in [0.4, 0.5) is 5.69 Å². The minimum absolute atomic E-state index is 0.120. The maximum absolute atomic E-state index is 11.7. The molecule has 2 rings (SSSR count). The predicted molar refractivity (Wildman–Crippen MR) is 67.7 cm³/mol. The number of carbonyl (C=O) groups excluding carboxylic acids is 1. The summed E-state index contributed by atoms with van der Waals surface area (Å²) in [7, 11) is 0. The van der Waals surface area contributed by atoms with Gasteiger partial charge in [-0.1, -0.05) is 17.3 Å². The molecule has 4 nitrogen and oxygen atoms in total. The van der Waals surface area contributed by atoms with Gasteiger partial charge in [-0.25, -0.2) is 0 Å². The molecule has 88 valence electrons. The van der Waals surface area contributed by atoms with Crippen molar-refractivity contribution in [3.8, 4) is 0 Å². The Labute approximate surface area is 107 Å². The summed E-state index contributed by atoms with van der Waals surface area (Å²) in [6.45, 7) is 1.79. The third-order valence-electron chi connectivity index (χ3n) is 2.17. The summed E-state index contributed by atoms with van der Waals surface area (Å²) in [6, 6.07) is 9.20. The number of nitrogens with zero attached hydrogens (tertiary/aromatic N) is 1. The molecule has 0 spiro atoms. The summed E-state index contributed by atoms with van der Waals surface area (Å²) in [4.78, 5) is 11.7. The van der Waals surface area contributed by atoms with Crippen molar-refractivity contribution in [2.45, 2.75) is 13.3 Å². The van der Waals surface area contributed by atoms with Crippen LogP contribution in [-0.4, -0.2) is 11.1 Å². The Morgan fingerprint density at radius 3 is 2.88 bits per heavy atom. The fourth-order valence-corrected chi connectivity index (χ4v) is 1.81. The SMILES string of the molecule is Cc1cc(CC(=O)Nc2ccccc2Br)no1. The van der Waals surface area contributed by atoms with Crippen molar-refractivity contribution in [2.24, 2.45) is 0 Å². The van der Waals surface area contributed by atoms with Gasteiger partial charge in [0.1, 0.15) is 5.76 Å². The summed E-state index contributed by atoms with van der Waals surface area (Å²) in [6.07, 6.45) is 0.207. The summed E-state index contributed by atoms with van der Waals surface area (Å²) in [5.74, 6) is 0.582. The predicted octanol–water partition coefficient (Wildman–Crippen LogP) is 2.93. The van der Waals surface area contributed by atoms with Crippen LogP contribution in [0.3, 0.4) is 0 Å². The number of para-hydroxylation sites is 1. The molecule has 0 unspecified atom stereocenters. The van der Waals surface area contributed by atoms with E-state index < -0.39 is 0 Å². The quantitative estimate of drug-likeness (QED) is 0.947. The topological polar surface area (TPSA) is 55.1 Å². The van der Waals surface area contributed by atoms with Crippen LogP contribution < -0.4 is 5.32 Å². The number of hydrogen-bond acceptors (Lipinski definition) is 3. The Kier molecular flexibility index (Phi) is 3.58. The van der Waals surface area contributed by atoms with E-state index in [0.29, 0.717) is 11.5 Å². The molecule has 0 aliphatic rings. The molecule has 17 heavy (non-hydrogen) atoms. The van der Waals surface area contributed by atoms with Crippen LogP contribution in [0, 0.1) is 6.92 Å². The first-order valence-electron chi connectivity index (χ1n) is 5.12. The Morgan fingerprint density at radius 2 is 2.24 bits per heavy atom. The Hall–Kier alpha value is -1.62. The molecule has 1 heterocycles. The van der Waals surface area contributed by atoms with Crippen LogP contribution in [0.15, 0.2) is 39.3 Å². The number of rotatable bonds is 3. The fraction of sp³-hybridized carbons (Fsp3) is 0.167. The van der Waals surface area contributed by atoms with E-state index in [2.05, 4.69) is 26.4 Å². The largest absolute Gasteiger partial charge is 0.361 e. The van der Waals surface area contributed by atoms with E-state index in [1.165, 1.54) is 0 Å². The second-order valence-corrected chi connectivity index (χ2v) is 4.49. The lowest BCUT2D eigenvalue weighted by Crippen LogP contribution is -2.14. The molecule has 1 amide bonds. The van der Waals surface area contributed by atoms with Crippen molar-refractivity contribution in [2.75, 3.05) is 5.32 Å². The molecule has 0 bridgehead atoms. The first-order chi connectivity index (χ1) is 8.15. The summed E-state index contributed by atoms with van der Waals surface area (Å²) < 4.78 is 5.75. The number of nitrogens with one attached hydrogen (secondary N) is 1. The molecule has 0 saturated carbocycles. The van der Waals surface area contributed by atoms with E-state index >= 15 is 0 Å². The van der Waals surface area contributed by atoms with Crippen LogP contribution in [0.25, 0.3) is 0 Å². The van der Waals surface area contributed by atoms with Gasteiger partial charge in [0, 0.05) is 10.5 Å². The van der Waals surface area contributed by atoms with Crippen LogP contribution in [0.2, 0.25) is 0 Å². The number of amides is 1. The number of anilines is 1. The lowest BCUT2D eigenvalue weighted by Gasteiger charge is -2.05. The third kappa shape index (κ3) is 3.17. The standard InChI is InChI=1S/C12H11BrN2O2/c1-8-6-9(15-17-8)7-12(16)14-11-5-3-2-4-10(11)13/h2-6H,7H2,1H3,(H,14,16). The van der Waals surface area contributed by atoms with Crippen molar-refractivity contribution < 1.29 is 9.32 Å². The molecule has 1 N–H and O–H groups in total. The molecule has 0 aliphatic heterocycles. The molecular weight excluding hydrogens is 284 g/mol. The van der Waals surface area contributed by atoms with E-state index in [1.807, 2.05) is 24.3 Å². The van der Waals surface area contributed by atoms with Gasteiger partial charge in [0.15, 0.2) is 0 Å². The molecule has 1 aromatic heterocycles. The Bertz CT molecular complexity index is 537. The van der Waals surface area contributed by atoms with Gasteiger partial charge < -0.3 is 9.84 Å². The van der Waals surface area contributed by atoms with E-state index in [-0.39, 0.29) is 12.3 Å². The molecule has 5 heteroatoms. The molecule has 2 aromatic rings. The fourth-order valence-electron chi connectivity index (χ4n) is 1.42. The average Bonchev–Trinajstić information content (AvgIpc) is 2.67.